The molecule has 88 valence electrons. The van der Waals surface area contributed by atoms with E-state index < -0.39 is 21.4 Å². The van der Waals surface area contributed by atoms with E-state index in [2.05, 4.69) is 0 Å². The van der Waals surface area contributed by atoms with E-state index in [4.69, 9.17) is 11.6 Å². The third-order valence-corrected chi connectivity index (χ3v) is 4.05. The summed E-state index contributed by atoms with van der Waals surface area (Å²) in [6.45, 7) is 1.74. The molecule has 0 aromatic heterocycles. The van der Waals surface area contributed by atoms with Gasteiger partial charge in [0.25, 0.3) is 0 Å². The van der Waals surface area contributed by atoms with Crippen molar-refractivity contribution in [3.05, 3.63) is 41.2 Å². The Morgan fingerprint density at radius 3 is 2.62 bits per heavy atom. The molecule has 0 aliphatic heterocycles. The zero-order valence-electron chi connectivity index (χ0n) is 8.78. The maximum absolute atomic E-state index is 13.2. The predicted octanol–water partition coefficient (Wildman–Crippen LogP) is 3.38. The lowest BCUT2D eigenvalue weighted by Gasteiger charge is -2.04. The van der Waals surface area contributed by atoms with Gasteiger partial charge < -0.3 is 0 Å². The average molecular weight is 263 g/mol. The molecule has 1 rings (SSSR count). The number of halogens is 2. The normalized spacial score (nSPS) is 12.8. The highest BCUT2D eigenvalue weighted by Gasteiger charge is 2.19. The van der Waals surface area contributed by atoms with Crippen LogP contribution in [0.25, 0.3) is 0 Å². The average Bonchev–Trinajstić information content (AvgIpc) is 2.17. The minimum atomic E-state index is -3.69. The summed E-state index contributed by atoms with van der Waals surface area (Å²) in [6, 6.07) is 6.02. The Hall–Kier alpha value is -0.870. The van der Waals surface area contributed by atoms with Crippen LogP contribution in [0, 0.1) is 0 Å². The molecule has 1 aromatic carbocycles. The molecule has 0 bridgehead atoms. The fourth-order valence-corrected chi connectivity index (χ4v) is 3.01. The molecule has 0 spiro atoms. The quantitative estimate of drug-likeness (QED) is 0.834. The van der Waals surface area contributed by atoms with Crippen LogP contribution in [-0.4, -0.2) is 14.2 Å². The van der Waals surface area contributed by atoms with Crippen molar-refractivity contribution in [3.63, 3.8) is 0 Å². The summed E-state index contributed by atoms with van der Waals surface area (Å²) in [5.74, 6) is -1.28. The van der Waals surface area contributed by atoms with Crippen LogP contribution in [0.4, 0.5) is 4.39 Å². The SMILES string of the molecule is CC/C=C(\F)CS(=O)(=O)c1ccccc1Cl. The maximum atomic E-state index is 13.2. The Balaban J connectivity index is 3.04. The lowest BCUT2D eigenvalue weighted by atomic mass is 10.4. The largest absolute Gasteiger partial charge is 0.223 e. The van der Waals surface area contributed by atoms with Crippen LogP contribution in [0.15, 0.2) is 41.1 Å². The molecule has 0 aliphatic rings. The van der Waals surface area contributed by atoms with Crippen molar-refractivity contribution >= 4 is 21.4 Å². The third kappa shape index (κ3) is 3.32. The van der Waals surface area contributed by atoms with Gasteiger partial charge in [-0.3, -0.25) is 0 Å². The van der Waals surface area contributed by atoms with E-state index in [1.54, 1.807) is 19.1 Å². The second kappa shape index (κ2) is 5.46. The molecule has 0 aliphatic carbocycles. The second-order valence-electron chi connectivity index (χ2n) is 3.25. The first-order valence-corrected chi connectivity index (χ1v) is 6.82. The molecule has 0 saturated carbocycles. The molecular weight excluding hydrogens is 251 g/mol. The summed E-state index contributed by atoms with van der Waals surface area (Å²) in [5.41, 5.74) is 0. The lowest BCUT2D eigenvalue weighted by Crippen LogP contribution is -2.07. The van der Waals surface area contributed by atoms with E-state index in [0.29, 0.717) is 6.42 Å². The summed E-state index contributed by atoms with van der Waals surface area (Å²) < 4.78 is 36.7. The molecule has 1 aromatic rings. The van der Waals surface area contributed by atoms with Crippen molar-refractivity contribution in [1.82, 2.24) is 0 Å². The fourth-order valence-electron chi connectivity index (χ4n) is 1.24. The number of allylic oxidation sites excluding steroid dienone is 1. The van der Waals surface area contributed by atoms with Gasteiger partial charge in [-0.25, -0.2) is 12.8 Å². The highest BCUT2D eigenvalue weighted by Crippen LogP contribution is 2.23. The van der Waals surface area contributed by atoms with E-state index in [1.807, 2.05) is 0 Å². The molecule has 0 N–H and O–H groups in total. The van der Waals surface area contributed by atoms with E-state index in [9.17, 15) is 12.8 Å². The van der Waals surface area contributed by atoms with E-state index in [1.165, 1.54) is 18.2 Å². The number of rotatable bonds is 4. The molecule has 5 heteroatoms. The minimum absolute atomic E-state index is 0.0312. The van der Waals surface area contributed by atoms with Crippen molar-refractivity contribution in [2.24, 2.45) is 0 Å². The Labute approximate surface area is 99.7 Å². The van der Waals surface area contributed by atoms with Crippen molar-refractivity contribution in [3.8, 4) is 0 Å². The van der Waals surface area contributed by atoms with Crippen LogP contribution < -0.4 is 0 Å². The topological polar surface area (TPSA) is 34.1 Å². The van der Waals surface area contributed by atoms with Gasteiger partial charge in [-0.2, -0.15) is 0 Å². The Morgan fingerprint density at radius 1 is 1.44 bits per heavy atom. The van der Waals surface area contributed by atoms with Crippen molar-refractivity contribution < 1.29 is 12.8 Å². The van der Waals surface area contributed by atoms with Gasteiger partial charge in [0.05, 0.1) is 9.92 Å². The van der Waals surface area contributed by atoms with Crippen LogP contribution >= 0.6 is 11.6 Å². The Bertz CT molecular complexity index is 494. The monoisotopic (exact) mass is 262 g/mol. The first kappa shape index (κ1) is 13.2. The smallest absolute Gasteiger partial charge is 0.186 e. The summed E-state index contributed by atoms with van der Waals surface area (Å²) >= 11 is 5.75. The van der Waals surface area contributed by atoms with Crippen molar-refractivity contribution in [1.29, 1.82) is 0 Å². The molecular formula is C11H12ClFO2S. The number of hydrogen-bond acceptors (Lipinski definition) is 2. The Kier molecular flexibility index (Phi) is 4.50. The van der Waals surface area contributed by atoms with E-state index >= 15 is 0 Å². The molecule has 0 atom stereocenters. The first-order valence-electron chi connectivity index (χ1n) is 4.79. The summed E-state index contributed by atoms with van der Waals surface area (Å²) in [6.07, 6.45) is 1.71. The first-order chi connectivity index (χ1) is 7.47. The molecule has 0 unspecified atom stereocenters. The summed E-state index contributed by atoms with van der Waals surface area (Å²) in [7, 11) is -3.69. The molecule has 0 fully saturated rings. The van der Waals surface area contributed by atoms with Gasteiger partial charge in [-0.05, 0) is 18.6 Å². The highest BCUT2D eigenvalue weighted by molar-refractivity contribution is 7.91. The standard InChI is InChI=1S/C11H12ClFO2S/c1-2-5-9(13)8-16(14,15)11-7-4-3-6-10(11)12/h3-7H,2,8H2,1H3/b9-5-. The number of sulfone groups is 1. The summed E-state index contributed by atoms with van der Waals surface area (Å²) in [4.78, 5) is -0.0312. The summed E-state index contributed by atoms with van der Waals surface area (Å²) in [5, 5.41) is 0.117. The van der Waals surface area contributed by atoms with Crippen LogP contribution in [0.5, 0.6) is 0 Å². The van der Waals surface area contributed by atoms with Gasteiger partial charge >= 0.3 is 0 Å². The van der Waals surface area contributed by atoms with Gasteiger partial charge in [0.2, 0.25) is 0 Å². The molecule has 0 saturated heterocycles. The third-order valence-electron chi connectivity index (χ3n) is 1.93. The van der Waals surface area contributed by atoms with Crippen LogP contribution in [-0.2, 0) is 9.84 Å². The molecule has 16 heavy (non-hydrogen) atoms. The molecule has 0 radical (unpaired) electrons. The zero-order valence-corrected chi connectivity index (χ0v) is 10.4. The minimum Gasteiger partial charge on any atom is -0.223 e. The molecule has 0 amide bonds. The van der Waals surface area contributed by atoms with Gasteiger partial charge in [-0.15, -0.1) is 0 Å². The van der Waals surface area contributed by atoms with Gasteiger partial charge in [0.1, 0.15) is 11.6 Å². The van der Waals surface area contributed by atoms with Crippen molar-refractivity contribution in [2.45, 2.75) is 18.2 Å². The van der Waals surface area contributed by atoms with Crippen molar-refractivity contribution in [2.75, 3.05) is 5.75 Å². The van der Waals surface area contributed by atoms with E-state index in [0.717, 1.165) is 0 Å². The lowest BCUT2D eigenvalue weighted by molar-refractivity contribution is 0.583. The van der Waals surface area contributed by atoms with Crippen LogP contribution in [0.2, 0.25) is 5.02 Å². The second-order valence-corrected chi connectivity index (χ2v) is 5.61. The van der Waals surface area contributed by atoms with Crippen LogP contribution in [0.3, 0.4) is 0 Å². The highest BCUT2D eigenvalue weighted by atomic mass is 35.5. The van der Waals surface area contributed by atoms with Gasteiger partial charge in [-0.1, -0.05) is 36.7 Å². The zero-order chi connectivity index (χ0) is 12.2. The van der Waals surface area contributed by atoms with Gasteiger partial charge in [0.15, 0.2) is 9.84 Å². The number of benzene rings is 1. The molecule has 0 heterocycles. The van der Waals surface area contributed by atoms with Gasteiger partial charge in [0, 0.05) is 0 Å². The predicted molar refractivity (Wildman–Crippen MR) is 63.0 cm³/mol. The number of hydrogen-bond donors (Lipinski definition) is 0. The van der Waals surface area contributed by atoms with Crippen LogP contribution in [0.1, 0.15) is 13.3 Å². The molecule has 2 nitrogen and oxygen atoms in total. The Morgan fingerprint density at radius 2 is 2.06 bits per heavy atom. The van der Waals surface area contributed by atoms with E-state index in [-0.39, 0.29) is 9.92 Å². The fraction of sp³-hybridized carbons (Fsp3) is 0.273. The maximum Gasteiger partial charge on any atom is 0.186 e.